The maximum Gasteiger partial charge on any atom is 0.342 e. The number of cyclic esters (lactones) is 1. The maximum atomic E-state index is 14.0. The highest BCUT2D eigenvalue weighted by atomic mass is 32.2. The van der Waals surface area contributed by atoms with Crippen LogP contribution in [-0.4, -0.2) is 63.4 Å². The molecule has 0 aliphatic carbocycles. The van der Waals surface area contributed by atoms with Gasteiger partial charge in [-0.25, -0.2) is 13.7 Å². The molecule has 50 heavy (non-hydrogen) atoms. The Bertz CT molecular complexity index is 1560. The number of carbonyl (C=O) groups is 1. The Morgan fingerprint density at radius 3 is 1.70 bits per heavy atom. The molecule has 3 aromatic rings. The second-order valence-electron chi connectivity index (χ2n) is 15.4. The third-order valence-corrected chi connectivity index (χ3v) is 11.1. The van der Waals surface area contributed by atoms with Gasteiger partial charge in [-0.3, -0.25) is 0 Å². The summed E-state index contributed by atoms with van der Waals surface area (Å²) in [5.74, 6) is -1.84. The third kappa shape index (κ3) is 8.91. The Balaban J connectivity index is 1.54. The molecule has 2 saturated heterocycles. The number of hydrogen-bond donors (Lipinski definition) is 1. The van der Waals surface area contributed by atoms with Crippen molar-refractivity contribution in [1.29, 1.82) is 0 Å². The summed E-state index contributed by atoms with van der Waals surface area (Å²) < 4.78 is 55.8. The highest BCUT2D eigenvalue weighted by Crippen LogP contribution is 2.47. The summed E-state index contributed by atoms with van der Waals surface area (Å²) >= 11 is 0. The maximum absolute atomic E-state index is 14.0. The van der Waals surface area contributed by atoms with Gasteiger partial charge < -0.3 is 28.4 Å². The van der Waals surface area contributed by atoms with Gasteiger partial charge in [0.25, 0.3) is 0 Å². The van der Waals surface area contributed by atoms with E-state index >= 15 is 0 Å². The number of hydrogen-bond acceptors (Lipinski definition) is 8. The molecule has 9 nitrogen and oxygen atoms in total. The van der Waals surface area contributed by atoms with Gasteiger partial charge in [0, 0.05) is 12.3 Å². The first-order valence-corrected chi connectivity index (χ1v) is 18.5. The van der Waals surface area contributed by atoms with Crippen molar-refractivity contribution in [3.63, 3.8) is 0 Å². The lowest BCUT2D eigenvalue weighted by atomic mass is 9.86. The Labute approximate surface area is 299 Å². The van der Waals surface area contributed by atoms with Crippen LogP contribution in [-0.2, 0) is 64.0 Å². The summed E-state index contributed by atoms with van der Waals surface area (Å²) in [7, 11) is -1.63. The molecule has 0 unspecified atom stereocenters. The zero-order valence-corrected chi connectivity index (χ0v) is 31.4. The molecular weight excluding hydrogens is 655 g/mol. The van der Waals surface area contributed by atoms with Crippen molar-refractivity contribution in [3.05, 3.63) is 108 Å². The molecule has 2 aliphatic rings. The van der Waals surface area contributed by atoms with Crippen LogP contribution in [0.2, 0.25) is 0 Å². The quantitative estimate of drug-likeness (QED) is 0.186. The van der Waals surface area contributed by atoms with Gasteiger partial charge in [-0.05, 0) is 44.4 Å². The van der Waals surface area contributed by atoms with E-state index in [2.05, 4.69) is 4.72 Å². The van der Waals surface area contributed by atoms with Gasteiger partial charge in [-0.2, -0.15) is 0 Å². The monoisotopic (exact) mass is 707 g/mol. The molecule has 0 bridgehead atoms. The zero-order valence-electron chi connectivity index (χ0n) is 30.5. The largest absolute Gasteiger partial charge is 0.431 e. The molecule has 2 aliphatic heterocycles. The van der Waals surface area contributed by atoms with Crippen LogP contribution in [0.1, 0.15) is 72.1 Å². The van der Waals surface area contributed by atoms with Crippen molar-refractivity contribution in [2.75, 3.05) is 6.61 Å². The highest BCUT2D eigenvalue weighted by Gasteiger charge is 2.65. The van der Waals surface area contributed by atoms with E-state index in [0.717, 1.165) is 16.7 Å². The minimum absolute atomic E-state index is 0.187. The van der Waals surface area contributed by atoms with Crippen LogP contribution in [0.4, 0.5) is 0 Å². The molecule has 0 radical (unpaired) electrons. The van der Waals surface area contributed by atoms with Gasteiger partial charge >= 0.3 is 5.97 Å². The molecule has 0 saturated carbocycles. The van der Waals surface area contributed by atoms with E-state index in [1.165, 1.54) is 0 Å². The van der Waals surface area contributed by atoms with E-state index in [9.17, 15) is 9.00 Å². The molecular formula is C40H53NO8S. The van der Waals surface area contributed by atoms with Crippen molar-refractivity contribution in [2.24, 2.45) is 5.41 Å². The molecule has 5 rings (SSSR count). The topological polar surface area (TPSA) is 102 Å². The number of carbonyl (C=O) groups excluding carboxylic acids is 1. The summed E-state index contributed by atoms with van der Waals surface area (Å²) in [4.78, 5) is 14.0. The van der Waals surface area contributed by atoms with E-state index < -0.39 is 69.0 Å². The number of rotatable bonds is 14. The van der Waals surface area contributed by atoms with E-state index in [4.69, 9.17) is 28.4 Å². The fourth-order valence-corrected chi connectivity index (χ4v) is 6.92. The molecule has 8 atom stereocenters. The van der Waals surface area contributed by atoms with Gasteiger partial charge in [0.15, 0.2) is 5.60 Å². The fourth-order valence-electron chi connectivity index (χ4n) is 5.98. The Morgan fingerprint density at radius 2 is 1.24 bits per heavy atom. The SMILES string of the molecule is CC(C)(C)[S@](=O)N[C@H]([C@H]1O[C@H](COCc2ccccc2)[C@@H](OCc2ccccc2)[C@@H]1OCc1ccccc1)[C@@]1(C)O[C@](C)(C(C)(C)C)OC1=O. The van der Waals surface area contributed by atoms with Crippen molar-refractivity contribution in [3.8, 4) is 0 Å². The van der Waals surface area contributed by atoms with E-state index in [-0.39, 0.29) is 13.2 Å². The number of benzene rings is 3. The molecule has 0 amide bonds. The van der Waals surface area contributed by atoms with Crippen LogP contribution in [0.3, 0.4) is 0 Å². The predicted octanol–water partition coefficient (Wildman–Crippen LogP) is 6.66. The van der Waals surface area contributed by atoms with Crippen LogP contribution >= 0.6 is 0 Å². The lowest BCUT2D eigenvalue weighted by Gasteiger charge is -2.41. The molecule has 272 valence electrons. The second kappa shape index (κ2) is 15.7. The van der Waals surface area contributed by atoms with Crippen LogP contribution in [0.15, 0.2) is 91.0 Å². The van der Waals surface area contributed by atoms with Gasteiger partial charge in [0.05, 0.1) is 48.2 Å². The Morgan fingerprint density at radius 1 is 0.760 bits per heavy atom. The molecule has 0 aromatic heterocycles. The van der Waals surface area contributed by atoms with E-state index in [0.29, 0.717) is 13.2 Å². The predicted molar refractivity (Wildman–Crippen MR) is 193 cm³/mol. The third-order valence-electron chi connectivity index (χ3n) is 9.48. The van der Waals surface area contributed by atoms with Crippen LogP contribution in [0, 0.1) is 5.41 Å². The van der Waals surface area contributed by atoms with Crippen molar-refractivity contribution in [1.82, 2.24) is 4.72 Å². The van der Waals surface area contributed by atoms with Crippen molar-refractivity contribution in [2.45, 2.75) is 122 Å². The molecule has 0 spiro atoms. The van der Waals surface area contributed by atoms with Crippen LogP contribution in [0.5, 0.6) is 0 Å². The lowest BCUT2D eigenvalue weighted by Crippen LogP contribution is -2.64. The highest BCUT2D eigenvalue weighted by molar-refractivity contribution is 7.84. The van der Waals surface area contributed by atoms with Gasteiger partial charge in [-0.15, -0.1) is 0 Å². The van der Waals surface area contributed by atoms with E-state index in [1.807, 2.05) is 133 Å². The first kappa shape index (κ1) is 38.3. The number of ether oxygens (including phenoxy) is 6. The minimum Gasteiger partial charge on any atom is -0.431 e. The van der Waals surface area contributed by atoms with Crippen molar-refractivity contribution < 1.29 is 37.4 Å². The molecule has 3 aromatic carbocycles. The average molecular weight is 708 g/mol. The van der Waals surface area contributed by atoms with Gasteiger partial charge in [-0.1, -0.05) is 112 Å². The number of nitrogens with one attached hydrogen (secondary N) is 1. The van der Waals surface area contributed by atoms with Crippen molar-refractivity contribution >= 4 is 17.0 Å². The zero-order chi connectivity index (χ0) is 36.2. The standard InChI is InChI=1S/C40H53NO8S/c1-37(2,3)40(8)48-36(42)39(7,49-40)35(41-50(43)38(4,5)6)34-33(46-26-30-22-16-11-17-23-30)32(45-25-29-20-14-10-15-21-29)31(47-34)27-44-24-28-18-12-9-13-19-28/h9-23,31-35,41H,24-27H2,1-8H3/t31-,32-,33+,34+,35-,39-,40-,50+/m1/s1. The Kier molecular flexibility index (Phi) is 12.0. The molecule has 2 fully saturated rings. The summed E-state index contributed by atoms with van der Waals surface area (Å²) in [6.45, 7) is 16.0. The molecule has 2 heterocycles. The van der Waals surface area contributed by atoms with Gasteiger partial charge in [0.2, 0.25) is 5.79 Å². The van der Waals surface area contributed by atoms with Gasteiger partial charge in [0.1, 0.15) is 24.4 Å². The van der Waals surface area contributed by atoms with Crippen LogP contribution in [0.25, 0.3) is 0 Å². The average Bonchev–Trinajstić information content (AvgIpc) is 3.54. The summed E-state index contributed by atoms with van der Waals surface area (Å²) in [6.07, 6.45) is -2.82. The fraction of sp³-hybridized carbons (Fsp3) is 0.525. The van der Waals surface area contributed by atoms with E-state index in [1.54, 1.807) is 13.8 Å². The first-order chi connectivity index (χ1) is 23.6. The molecule has 1 N–H and O–H groups in total. The summed E-state index contributed by atoms with van der Waals surface area (Å²) in [5, 5.41) is 0. The second-order valence-corrected chi connectivity index (χ2v) is 17.4. The normalized spacial score (nSPS) is 28.4. The smallest absolute Gasteiger partial charge is 0.342 e. The number of esters is 1. The lowest BCUT2D eigenvalue weighted by molar-refractivity contribution is -0.237. The molecule has 10 heteroatoms. The first-order valence-electron chi connectivity index (χ1n) is 17.3. The summed E-state index contributed by atoms with van der Waals surface area (Å²) in [5.41, 5.74) is 0.801. The minimum atomic E-state index is -1.63. The van der Waals surface area contributed by atoms with Crippen LogP contribution < -0.4 is 4.72 Å². The summed E-state index contributed by atoms with van der Waals surface area (Å²) in [6, 6.07) is 28.7. The Hall–Kier alpha value is -2.96.